The van der Waals surface area contributed by atoms with Crippen LogP contribution in [0.15, 0.2) is 35.4 Å². The molecule has 6 heteroatoms. The average molecular weight is 333 g/mol. The van der Waals surface area contributed by atoms with Crippen LogP contribution in [0.3, 0.4) is 0 Å². The van der Waals surface area contributed by atoms with E-state index in [0.29, 0.717) is 29.9 Å². The van der Waals surface area contributed by atoms with Gasteiger partial charge in [-0.25, -0.2) is 4.39 Å². The summed E-state index contributed by atoms with van der Waals surface area (Å²) < 4.78 is 59.3. The van der Waals surface area contributed by atoms with Gasteiger partial charge in [0.2, 0.25) is 0 Å². The summed E-state index contributed by atoms with van der Waals surface area (Å²) in [5.74, 6) is -0.0661. The number of halogens is 4. The molecule has 23 heavy (non-hydrogen) atoms. The van der Waals surface area contributed by atoms with Gasteiger partial charge in [-0.2, -0.15) is 13.2 Å². The second-order valence-electron chi connectivity index (χ2n) is 7.20. The molecule has 0 radical (unpaired) electrons. The first-order chi connectivity index (χ1) is 10.4. The van der Waals surface area contributed by atoms with Crippen molar-refractivity contribution in [1.82, 2.24) is 0 Å². The van der Waals surface area contributed by atoms with Crippen LogP contribution in [0, 0.1) is 10.8 Å². The Bertz CT molecular complexity index is 570. The first kappa shape index (κ1) is 18.0. The van der Waals surface area contributed by atoms with Crippen molar-refractivity contribution in [3.05, 3.63) is 35.4 Å². The fraction of sp³-hybridized carbons (Fsp3) is 0.647. The van der Waals surface area contributed by atoms with Crippen molar-refractivity contribution >= 4 is 0 Å². The third kappa shape index (κ3) is 3.32. The topological polar surface area (TPSA) is 35.2 Å². The summed E-state index contributed by atoms with van der Waals surface area (Å²) in [5.41, 5.74) is 3.86. The number of allylic oxidation sites excluding steroid dienone is 4. The summed E-state index contributed by atoms with van der Waals surface area (Å²) in [6, 6.07) is -0.906. The van der Waals surface area contributed by atoms with E-state index in [1.54, 1.807) is 13.8 Å². The summed E-state index contributed by atoms with van der Waals surface area (Å²) in [6.07, 6.45) is -2.82. The highest BCUT2D eigenvalue weighted by molar-refractivity contribution is 5.41. The van der Waals surface area contributed by atoms with Gasteiger partial charge >= 0.3 is 6.18 Å². The van der Waals surface area contributed by atoms with Gasteiger partial charge < -0.3 is 10.5 Å². The van der Waals surface area contributed by atoms with Crippen LogP contribution in [0.25, 0.3) is 0 Å². The lowest BCUT2D eigenvalue weighted by atomic mass is 9.73. The molecule has 1 aliphatic heterocycles. The fourth-order valence-electron chi connectivity index (χ4n) is 3.37. The van der Waals surface area contributed by atoms with E-state index < -0.39 is 28.9 Å². The molecule has 1 saturated carbocycles. The Balaban J connectivity index is 2.43. The molecule has 1 heterocycles. The zero-order valence-corrected chi connectivity index (χ0v) is 13.7. The van der Waals surface area contributed by atoms with Gasteiger partial charge in [0.1, 0.15) is 5.76 Å². The van der Waals surface area contributed by atoms with Gasteiger partial charge in [0.15, 0.2) is 0 Å². The number of hydrogen-bond donors (Lipinski definition) is 1. The lowest BCUT2D eigenvalue weighted by Crippen LogP contribution is -2.36. The van der Waals surface area contributed by atoms with Crippen LogP contribution >= 0.6 is 0 Å². The molecule has 0 aromatic heterocycles. The SMILES string of the molecule is C=C1CCO/C1=C(/C=C(\C)F)C(C)(C)C[C@@]1(C(F)(F)F)C[C@@H]1N. The Labute approximate surface area is 134 Å². The van der Waals surface area contributed by atoms with E-state index in [4.69, 9.17) is 10.5 Å². The van der Waals surface area contributed by atoms with Crippen LogP contribution < -0.4 is 5.73 Å². The molecule has 2 nitrogen and oxygen atoms in total. The highest BCUT2D eigenvalue weighted by Gasteiger charge is 2.70. The summed E-state index contributed by atoms with van der Waals surface area (Å²) in [4.78, 5) is 0. The number of ether oxygens (including phenoxy) is 1. The first-order valence-electron chi connectivity index (χ1n) is 7.62. The van der Waals surface area contributed by atoms with E-state index in [1.165, 1.54) is 13.0 Å². The lowest BCUT2D eigenvalue weighted by Gasteiger charge is -2.33. The molecule has 2 atom stereocenters. The third-order valence-corrected chi connectivity index (χ3v) is 4.74. The molecule has 2 rings (SSSR count). The Morgan fingerprint density at radius 3 is 2.35 bits per heavy atom. The Morgan fingerprint density at radius 2 is 2.00 bits per heavy atom. The van der Waals surface area contributed by atoms with E-state index >= 15 is 0 Å². The molecule has 2 aliphatic rings. The Kier molecular flexibility index (Phi) is 4.43. The highest BCUT2D eigenvalue weighted by Crippen LogP contribution is 2.63. The van der Waals surface area contributed by atoms with E-state index in [9.17, 15) is 17.6 Å². The van der Waals surface area contributed by atoms with Crippen LogP contribution in [-0.4, -0.2) is 18.8 Å². The van der Waals surface area contributed by atoms with Crippen LogP contribution in [0.1, 0.15) is 40.0 Å². The summed E-state index contributed by atoms with van der Waals surface area (Å²) >= 11 is 0. The minimum atomic E-state index is -4.37. The maximum Gasteiger partial charge on any atom is 0.396 e. The number of rotatable bonds is 4. The summed E-state index contributed by atoms with van der Waals surface area (Å²) in [5, 5.41) is 0. The number of alkyl halides is 3. The maximum atomic E-state index is 13.5. The van der Waals surface area contributed by atoms with E-state index in [0.717, 1.165) is 0 Å². The van der Waals surface area contributed by atoms with Crippen molar-refractivity contribution < 1.29 is 22.3 Å². The minimum Gasteiger partial charge on any atom is -0.493 e. The van der Waals surface area contributed by atoms with Gasteiger partial charge in [-0.3, -0.25) is 0 Å². The first-order valence-corrected chi connectivity index (χ1v) is 7.62. The van der Waals surface area contributed by atoms with Crippen molar-refractivity contribution in [3.8, 4) is 0 Å². The minimum absolute atomic E-state index is 0.0946. The van der Waals surface area contributed by atoms with Gasteiger partial charge in [0.25, 0.3) is 0 Å². The van der Waals surface area contributed by atoms with E-state index in [-0.39, 0.29) is 12.8 Å². The van der Waals surface area contributed by atoms with Gasteiger partial charge in [-0.05, 0) is 36.8 Å². The molecule has 130 valence electrons. The third-order valence-electron chi connectivity index (χ3n) is 4.74. The van der Waals surface area contributed by atoms with Crippen molar-refractivity contribution in [2.45, 2.75) is 52.3 Å². The molecule has 0 unspecified atom stereocenters. The number of nitrogens with two attached hydrogens (primary N) is 1. The fourth-order valence-corrected chi connectivity index (χ4v) is 3.37. The Morgan fingerprint density at radius 1 is 1.43 bits per heavy atom. The van der Waals surface area contributed by atoms with Crippen molar-refractivity contribution in [1.29, 1.82) is 0 Å². The molecule has 1 aliphatic carbocycles. The second kappa shape index (κ2) is 5.65. The summed E-state index contributed by atoms with van der Waals surface area (Å²) in [7, 11) is 0. The molecule has 0 spiro atoms. The quantitative estimate of drug-likeness (QED) is 0.751. The maximum absolute atomic E-state index is 13.5. The van der Waals surface area contributed by atoms with Crippen LogP contribution in [0.5, 0.6) is 0 Å². The smallest absolute Gasteiger partial charge is 0.396 e. The molecule has 0 amide bonds. The highest BCUT2D eigenvalue weighted by atomic mass is 19.4. The molecule has 0 bridgehead atoms. The van der Waals surface area contributed by atoms with Gasteiger partial charge in [-0.15, -0.1) is 0 Å². The molecule has 2 N–H and O–H groups in total. The zero-order chi connectivity index (χ0) is 17.6. The molecule has 1 saturated heterocycles. The molecule has 2 fully saturated rings. The predicted octanol–water partition coefficient (Wildman–Crippen LogP) is 4.79. The largest absolute Gasteiger partial charge is 0.493 e. The second-order valence-corrected chi connectivity index (χ2v) is 7.20. The van der Waals surface area contributed by atoms with Crippen molar-refractivity contribution in [2.24, 2.45) is 16.6 Å². The van der Waals surface area contributed by atoms with Gasteiger partial charge in [0.05, 0.1) is 17.8 Å². The van der Waals surface area contributed by atoms with Crippen LogP contribution in [0.4, 0.5) is 17.6 Å². The molecular formula is C17H23F4NO. The monoisotopic (exact) mass is 333 g/mol. The van der Waals surface area contributed by atoms with E-state index in [1.807, 2.05) is 0 Å². The molecule has 0 aromatic carbocycles. The van der Waals surface area contributed by atoms with Gasteiger partial charge in [-0.1, -0.05) is 20.4 Å². The standard InChI is InChI=1S/C17H23F4NO/c1-10-5-6-23-14(10)12(7-11(2)18)15(3,4)9-16(8-13(16)22)17(19,20)21/h7,13H,1,5-6,8-9,22H2,2-4H3/b11-7+,14-12-/t13-,16-/m0/s1. The normalized spacial score (nSPS) is 31.2. The van der Waals surface area contributed by atoms with Crippen molar-refractivity contribution in [2.75, 3.05) is 6.61 Å². The molecule has 0 aromatic rings. The lowest BCUT2D eigenvalue weighted by molar-refractivity contribution is -0.195. The van der Waals surface area contributed by atoms with Crippen LogP contribution in [-0.2, 0) is 4.74 Å². The summed E-state index contributed by atoms with van der Waals surface area (Å²) in [6.45, 7) is 8.88. The van der Waals surface area contributed by atoms with Crippen LogP contribution in [0.2, 0.25) is 0 Å². The predicted molar refractivity (Wildman–Crippen MR) is 81.1 cm³/mol. The van der Waals surface area contributed by atoms with Gasteiger partial charge in [0, 0.05) is 18.0 Å². The van der Waals surface area contributed by atoms with Crippen molar-refractivity contribution in [3.63, 3.8) is 0 Å². The Hall–Kier alpha value is -1.30. The zero-order valence-electron chi connectivity index (χ0n) is 13.7. The average Bonchev–Trinajstić information content (AvgIpc) is 2.84. The number of hydrogen-bond acceptors (Lipinski definition) is 2. The van der Waals surface area contributed by atoms with E-state index in [2.05, 4.69) is 6.58 Å². The molecular weight excluding hydrogens is 310 g/mol.